The molecule has 2 aromatic rings. The van der Waals surface area contributed by atoms with Gasteiger partial charge in [-0.3, -0.25) is 4.90 Å². The molecule has 2 heterocycles. The van der Waals surface area contributed by atoms with E-state index in [1.807, 2.05) is 0 Å². The molecule has 0 aliphatic carbocycles. The van der Waals surface area contributed by atoms with E-state index in [1.54, 1.807) is 12.3 Å². The Bertz CT molecular complexity index is 852. The number of aromatic hydroxyl groups is 2. The average molecular weight is 335 g/mol. The molecule has 2 N–H and O–H groups in total. The third-order valence-corrected chi connectivity index (χ3v) is 4.63. The average Bonchev–Trinajstić information content (AvgIpc) is 2.49. The normalized spacial score (nSPS) is 15.3. The summed E-state index contributed by atoms with van der Waals surface area (Å²) in [6.45, 7) is 1.96. The van der Waals surface area contributed by atoms with Crippen LogP contribution < -0.4 is 0 Å². The van der Waals surface area contributed by atoms with Crippen LogP contribution in [0.5, 0.6) is 11.5 Å². The maximum atomic E-state index is 11.5. The van der Waals surface area contributed by atoms with E-state index in [0.717, 1.165) is 29.6 Å². The molecule has 1 aromatic carbocycles. The van der Waals surface area contributed by atoms with Gasteiger partial charge in [0, 0.05) is 44.1 Å². The van der Waals surface area contributed by atoms with Crippen molar-refractivity contribution >= 4 is 9.84 Å². The molecule has 3 rings (SSSR count). The fourth-order valence-electron chi connectivity index (χ4n) is 2.60. The van der Waals surface area contributed by atoms with Crippen molar-refractivity contribution in [1.82, 2.24) is 14.9 Å². The molecule has 0 spiro atoms. The van der Waals surface area contributed by atoms with E-state index in [9.17, 15) is 18.6 Å². The summed E-state index contributed by atoms with van der Waals surface area (Å²) in [6, 6.07) is 4.76. The lowest BCUT2D eigenvalue weighted by atomic mass is 10.1. The third kappa shape index (κ3) is 3.43. The Morgan fingerprint density at radius 3 is 2.74 bits per heavy atom. The van der Waals surface area contributed by atoms with Crippen molar-refractivity contribution in [2.45, 2.75) is 24.7 Å². The van der Waals surface area contributed by atoms with Gasteiger partial charge >= 0.3 is 0 Å². The zero-order chi connectivity index (χ0) is 16.6. The van der Waals surface area contributed by atoms with Crippen LogP contribution in [-0.4, -0.2) is 46.3 Å². The van der Waals surface area contributed by atoms with E-state index in [2.05, 4.69) is 14.9 Å². The first-order valence-electron chi connectivity index (χ1n) is 7.11. The molecule has 7 nitrogen and oxygen atoms in total. The molecule has 0 amide bonds. The number of sulfone groups is 1. The molecule has 0 saturated heterocycles. The first kappa shape index (κ1) is 15.7. The van der Waals surface area contributed by atoms with Crippen LogP contribution in [-0.2, 0) is 29.3 Å². The fraction of sp³-hybridized carbons (Fsp3) is 0.333. The summed E-state index contributed by atoms with van der Waals surface area (Å²) in [4.78, 5) is 10.2. The largest absolute Gasteiger partial charge is 0.504 e. The molecule has 0 bridgehead atoms. The lowest BCUT2D eigenvalue weighted by molar-refractivity contribution is 0.241. The van der Waals surface area contributed by atoms with Gasteiger partial charge in [-0.25, -0.2) is 18.4 Å². The number of rotatable bonds is 3. The van der Waals surface area contributed by atoms with Gasteiger partial charge in [-0.1, -0.05) is 6.07 Å². The highest BCUT2D eigenvalue weighted by Gasteiger charge is 2.21. The highest BCUT2D eigenvalue weighted by atomic mass is 32.2. The molecular weight excluding hydrogens is 318 g/mol. The quantitative estimate of drug-likeness (QED) is 0.633. The number of hydrogen-bond acceptors (Lipinski definition) is 7. The molecule has 8 heteroatoms. The number of fused-ring (bicyclic) bond motifs is 1. The van der Waals surface area contributed by atoms with E-state index in [-0.39, 0.29) is 16.7 Å². The summed E-state index contributed by atoms with van der Waals surface area (Å²) >= 11 is 0. The molecule has 1 aliphatic rings. The van der Waals surface area contributed by atoms with E-state index in [1.165, 1.54) is 12.1 Å². The molecule has 23 heavy (non-hydrogen) atoms. The Balaban J connectivity index is 1.76. The van der Waals surface area contributed by atoms with Crippen LogP contribution in [0.1, 0.15) is 16.8 Å². The first-order chi connectivity index (χ1) is 10.8. The van der Waals surface area contributed by atoms with Crippen molar-refractivity contribution in [3.63, 3.8) is 0 Å². The second-order valence-electron chi connectivity index (χ2n) is 5.68. The summed E-state index contributed by atoms with van der Waals surface area (Å²) in [5, 5.41) is 18.8. The summed E-state index contributed by atoms with van der Waals surface area (Å²) in [7, 11) is -3.39. The molecule has 0 unspecified atom stereocenters. The van der Waals surface area contributed by atoms with Crippen LogP contribution in [0.15, 0.2) is 29.6 Å². The minimum atomic E-state index is -3.39. The highest BCUT2D eigenvalue weighted by molar-refractivity contribution is 7.90. The zero-order valence-electron chi connectivity index (χ0n) is 12.6. The molecule has 0 atom stereocenters. The van der Waals surface area contributed by atoms with Crippen LogP contribution in [0.4, 0.5) is 0 Å². The van der Waals surface area contributed by atoms with Crippen LogP contribution in [0.25, 0.3) is 0 Å². The summed E-state index contributed by atoms with van der Waals surface area (Å²) in [6.07, 6.45) is 3.31. The van der Waals surface area contributed by atoms with E-state index >= 15 is 0 Å². The van der Waals surface area contributed by atoms with Crippen molar-refractivity contribution in [1.29, 1.82) is 0 Å². The second kappa shape index (κ2) is 5.78. The molecule has 1 aromatic heterocycles. The standard InChI is InChI=1S/C15H17N3O4S/c1-23(21,22)15-16-7-11-9-18(5-4-12(11)17-15)8-10-2-3-13(19)14(20)6-10/h2-3,6-7,19-20H,4-5,8-9H2,1H3. The fourth-order valence-corrected chi connectivity index (χ4v) is 3.12. The predicted octanol–water partition coefficient (Wildman–Crippen LogP) is 0.850. The van der Waals surface area contributed by atoms with Gasteiger partial charge in [0.2, 0.25) is 15.0 Å². The van der Waals surface area contributed by atoms with E-state index < -0.39 is 9.84 Å². The van der Waals surface area contributed by atoms with Gasteiger partial charge in [0.25, 0.3) is 0 Å². The monoisotopic (exact) mass is 335 g/mol. The van der Waals surface area contributed by atoms with Gasteiger partial charge < -0.3 is 10.2 Å². The number of nitrogens with zero attached hydrogens (tertiary/aromatic N) is 3. The maximum Gasteiger partial charge on any atom is 0.246 e. The van der Waals surface area contributed by atoms with Gasteiger partial charge in [-0.2, -0.15) is 0 Å². The number of phenols is 2. The van der Waals surface area contributed by atoms with Crippen LogP contribution in [0.2, 0.25) is 0 Å². The van der Waals surface area contributed by atoms with Crippen LogP contribution in [0.3, 0.4) is 0 Å². The predicted molar refractivity (Wildman–Crippen MR) is 82.7 cm³/mol. The number of phenolic OH excluding ortho intramolecular Hbond substituents is 2. The Morgan fingerprint density at radius 2 is 2.04 bits per heavy atom. The summed E-state index contributed by atoms with van der Waals surface area (Å²) in [5.41, 5.74) is 2.56. The maximum absolute atomic E-state index is 11.5. The first-order valence-corrected chi connectivity index (χ1v) is 9.00. The van der Waals surface area contributed by atoms with Gasteiger partial charge in [-0.05, 0) is 17.7 Å². The lowest BCUT2D eigenvalue weighted by Crippen LogP contribution is -2.31. The minimum Gasteiger partial charge on any atom is -0.504 e. The Hall–Kier alpha value is -2.19. The van der Waals surface area contributed by atoms with Gasteiger partial charge in [0.1, 0.15) is 0 Å². The van der Waals surface area contributed by atoms with E-state index in [0.29, 0.717) is 19.5 Å². The minimum absolute atomic E-state index is 0.131. The van der Waals surface area contributed by atoms with E-state index in [4.69, 9.17) is 0 Å². The molecule has 0 radical (unpaired) electrons. The van der Waals surface area contributed by atoms with Gasteiger partial charge in [0.15, 0.2) is 11.5 Å². The van der Waals surface area contributed by atoms with Crippen molar-refractivity contribution in [3.05, 3.63) is 41.2 Å². The van der Waals surface area contributed by atoms with Gasteiger partial charge in [-0.15, -0.1) is 0 Å². The molecule has 0 saturated carbocycles. The summed E-state index contributed by atoms with van der Waals surface area (Å²) in [5.74, 6) is -0.277. The molecule has 122 valence electrons. The molecular formula is C15H17N3O4S. The Kier molecular flexibility index (Phi) is 3.95. The molecule has 1 aliphatic heterocycles. The lowest BCUT2D eigenvalue weighted by Gasteiger charge is -2.28. The zero-order valence-corrected chi connectivity index (χ0v) is 13.4. The van der Waals surface area contributed by atoms with Crippen LogP contribution >= 0.6 is 0 Å². The van der Waals surface area contributed by atoms with Crippen molar-refractivity contribution in [2.24, 2.45) is 0 Å². The Labute approximate surface area is 134 Å². The second-order valence-corrected chi connectivity index (χ2v) is 7.59. The third-order valence-electron chi connectivity index (χ3n) is 3.77. The SMILES string of the molecule is CS(=O)(=O)c1ncc2c(n1)CCN(Cc1ccc(O)c(O)c1)C2. The van der Waals surface area contributed by atoms with Crippen molar-refractivity contribution < 1.29 is 18.6 Å². The number of benzene rings is 1. The van der Waals surface area contributed by atoms with Crippen molar-refractivity contribution in [3.8, 4) is 11.5 Å². The number of hydrogen-bond donors (Lipinski definition) is 2. The van der Waals surface area contributed by atoms with Crippen LogP contribution in [0, 0.1) is 0 Å². The molecule has 0 fully saturated rings. The highest BCUT2D eigenvalue weighted by Crippen LogP contribution is 2.26. The smallest absolute Gasteiger partial charge is 0.246 e. The van der Waals surface area contributed by atoms with Gasteiger partial charge in [0.05, 0.1) is 5.69 Å². The summed E-state index contributed by atoms with van der Waals surface area (Å²) < 4.78 is 23.0. The van der Waals surface area contributed by atoms with Crippen molar-refractivity contribution in [2.75, 3.05) is 12.8 Å². The topological polar surface area (TPSA) is 104 Å². The Morgan fingerprint density at radius 1 is 1.26 bits per heavy atom. The number of aromatic nitrogens is 2.